The standard InChI is InChI=1S/C23H35N5O4/c1-17(2)25-26-21-10-11-22(28-27-21)32-16-23(3,4)24-14-19(29)15-31-20-9-7-6-8-18(20)12-13-30-5/h6-11,17,19,24,29H,12-16H2,1-5H3. The lowest BCUT2D eigenvalue weighted by Gasteiger charge is -2.27. The Kier molecular flexibility index (Phi) is 10.5. The molecule has 0 aliphatic carbocycles. The molecule has 0 aliphatic rings. The van der Waals surface area contributed by atoms with Gasteiger partial charge in [-0.3, -0.25) is 0 Å². The molecule has 9 heteroatoms. The van der Waals surface area contributed by atoms with Crippen LogP contribution < -0.4 is 14.8 Å². The van der Waals surface area contributed by atoms with Crippen LogP contribution in [0, 0.1) is 0 Å². The van der Waals surface area contributed by atoms with Crippen molar-refractivity contribution in [2.75, 3.05) is 33.5 Å². The molecule has 0 bridgehead atoms. The first kappa shape index (κ1) is 25.6. The van der Waals surface area contributed by atoms with Crippen LogP contribution in [-0.4, -0.2) is 66.5 Å². The summed E-state index contributed by atoms with van der Waals surface area (Å²) in [6, 6.07) is 11.3. The molecule has 0 saturated heterocycles. The summed E-state index contributed by atoms with van der Waals surface area (Å²) >= 11 is 0. The smallest absolute Gasteiger partial charge is 0.233 e. The lowest BCUT2D eigenvalue weighted by molar-refractivity contribution is 0.0916. The number of para-hydroxylation sites is 1. The van der Waals surface area contributed by atoms with Crippen LogP contribution in [0.15, 0.2) is 46.6 Å². The molecule has 0 aliphatic heterocycles. The zero-order chi connectivity index (χ0) is 23.4. The van der Waals surface area contributed by atoms with E-state index >= 15 is 0 Å². The van der Waals surface area contributed by atoms with Crippen LogP contribution in [-0.2, 0) is 11.2 Å². The van der Waals surface area contributed by atoms with Gasteiger partial charge in [0.05, 0.1) is 12.6 Å². The molecule has 1 aromatic heterocycles. The second kappa shape index (κ2) is 13.0. The number of hydrogen-bond acceptors (Lipinski definition) is 9. The zero-order valence-corrected chi connectivity index (χ0v) is 19.6. The first-order valence-corrected chi connectivity index (χ1v) is 10.8. The molecule has 2 rings (SSSR count). The molecule has 176 valence electrons. The number of β-amino-alcohol motifs (C(OH)–C–C–N with tert-alkyl or cyclic N) is 1. The number of methoxy groups -OCH3 is 1. The quantitative estimate of drug-likeness (QED) is 0.429. The highest BCUT2D eigenvalue weighted by atomic mass is 16.5. The van der Waals surface area contributed by atoms with Gasteiger partial charge in [0.25, 0.3) is 0 Å². The number of rotatable bonds is 14. The number of benzene rings is 1. The Balaban J connectivity index is 1.75. The summed E-state index contributed by atoms with van der Waals surface area (Å²) in [4.78, 5) is 0. The Hall–Kier alpha value is -2.62. The van der Waals surface area contributed by atoms with Crippen LogP contribution >= 0.6 is 0 Å². The molecule has 2 aromatic rings. The number of aliphatic hydroxyl groups excluding tert-OH is 1. The summed E-state index contributed by atoms with van der Waals surface area (Å²) in [7, 11) is 1.67. The molecule has 1 aromatic carbocycles. The Morgan fingerprint density at radius 1 is 1.09 bits per heavy atom. The van der Waals surface area contributed by atoms with Crippen molar-refractivity contribution in [1.82, 2.24) is 15.5 Å². The summed E-state index contributed by atoms with van der Waals surface area (Å²) < 4.78 is 16.7. The van der Waals surface area contributed by atoms with Crippen LogP contribution in [0.2, 0.25) is 0 Å². The lowest BCUT2D eigenvalue weighted by Crippen LogP contribution is -2.48. The molecule has 0 spiro atoms. The second-order valence-corrected chi connectivity index (χ2v) is 8.41. The van der Waals surface area contributed by atoms with Gasteiger partial charge in [0, 0.05) is 25.3 Å². The number of aliphatic hydroxyl groups is 1. The van der Waals surface area contributed by atoms with E-state index in [-0.39, 0.29) is 12.6 Å². The predicted molar refractivity (Wildman–Crippen MR) is 123 cm³/mol. The van der Waals surface area contributed by atoms with Crippen LogP contribution in [0.5, 0.6) is 11.6 Å². The van der Waals surface area contributed by atoms with Gasteiger partial charge in [-0.05, 0) is 51.8 Å². The van der Waals surface area contributed by atoms with Crippen molar-refractivity contribution in [2.45, 2.75) is 51.8 Å². The van der Waals surface area contributed by atoms with Crippen LogP contribution in [0.1, 0.15) is 33.3 Å². The fourth-order valence-electron chi connectivity index (χ4n) is 2.63. The Morgan fingerprint density at radius 3 is 2.56 bits per heavy atom. The van der Waals surface area contributed by atoms with Crippen molar-refractivity contribution in [3.63, 3.8) is 0 Å². The largest absolute Gasteiger partial charge is 0.491 e. The average Bonchev–Trinajstić information content (AvgIpc) is 2.78. The maximum atomic E-state index is 10.4. The molecule has 1 unspecified atom stereocenters. The fraction of sp³-hybridized carbons (Fsp3) is 0.565. The zero-order valence-electron chi connectivity index (χ0n) is 19.6. The minimum atomic E-state index is -0.671. The number of nitrogens with zero attached hydrogens (tertiary/aromatic N) is 4. The van der Waals surface area contributed by atoms with Gasteiger partial charge in [-0.25, -0.2) is 0 Å². The van der Waals surface area contributed by atoms with Gasteiger partial charge in [0.15, 0.2) is 5.82 Å². The summed E-state index contributed by atoms with van der Waals surface area (Å²) in [5, 5.41) is 29.7. The normalized spacial score (nSPS) is 13.0. The lowest BCUT2D eigenvalue weighted by atomic mass is 10.1. The minimum Gasteiger partial charge on any atom is -0.491 e. The molecule has 0 amide bonds. The fourth-order valence-corrected chi connectivity index (χ4v) is 2.63. The molecule has 2 N–H and O–H groups in total. The van der Waals surface area contributed by atoms with E-state index in [2.05, 4.69) is 25.7 Å². The minimum absolute atomic E-state index is 0.103. The highest BCUT2D eigenvalue weighted by Crippen LogP contribution is 2.19. The third-order valence-corrected chi connectivity index (χ3v) is 4.39. The van der Waals surface area contributed by atoms with E-state index < -0.39 is 11.6 Å². The van der Waals surface area contributed by atoms with Crippen molar-refractivity contribution in [3.05, 3.63) is 42.0 Å². The SMILES string of the molecule is COCCc1ccccc1OCC(O)CNC(C)(C)COc1ccc(N=NC(C)C)nn1. The van der Waals surface area contributed by atoms with Gasteiger partial charge >= 0.3 is 0 Å². The van der Waals surface area contributed by atoms with Crippen LogP contribution in [0.25, 0.3) is 0 Å². The highest BCUT2D eigenvalue weighted by Gasteiger charge is 2.20. The van der Waals surface area contributed by atoms with E-state index in [9.17, 15) is 5.11 Å². The van der Waals surface area contributed by atoms with E-state index in [0.29, 0.717) is 31.5 Å². The second-order valence-electron chi connectivity index (χ2n) is 8.41. The summed E-state index contributed by atoms with van der Waals surface area (Å²) in [6.07, 6.45) is 0.0886. The maximum absolute atomic E-state index is 10.4. The summed E-state index contributed by atoms with van der Waals surface area (Å²) in [6.45, 7) is 9.36. The van der Waals surface area contributed by atoms with Crippen molar-refractivity contribution in [1.29, 1.82) is 0 Å². The number of ether oxygens (including phenoxy) is 3. The van der Waals surface area contributed by atoms with E-state index in [1.165, 1.54) is 0 Å². The Labute approximate surface area is 190 Å². The molecule has 0 saturated carbocycles. The highest BCUT2D eigenvalue weighted by molar-refractivity contribution is 5.33. The van der Waals surface area contributed by atoms with Crippen molar-refractivity contribution in [2.24, 2.45) is 10.2 Å². The van der Waals surface area contributed by atoms with Gasteiger partial charge in [0.1, 0.15) is 25.1 Å². The molecule has 32 heavy (non-hydrogen) atoms. The van der Waals surface area contributed by atoms with Crippen molar-refractivity contribution < 1.29 is 19.3 Å². The van der Waals surface area contributed by atoms with Crippen LogP contribution in [0.3, 0.4) is 0 Å². The molecule has 1 heterocycles. The first-order valence-electron chi connectivity index (χ1n) is 10.8. The Morgan fingerprint density at radius 2 is 1.88 bits per heavy atom. The van der Waals surface area contributed by atoms with Gasteiger partial charge in [-0.1, -0.05) is 18.2 Å². The van der Waals surface area contributed by atoms with Gasteiger partial charge in [-0.15, -0.1) is 15.3 Å². The third kappa shape index (κ3) is 9.67. The molecular formula is C23H35N5O4. The number of azo groups is 1. The maximum Gasteiger partial charge on any atom is 0.233 e. The van der Waals surface area contributed by atoms with E-state index in [0.717, 1.165) is 17.7 Å². The van der Waals surface area contributed by atoms with Crippen LogP contribution in [0.4, 0.5) is 5.82 Å². The monoisotopic (exact) mass is 445 g/mol. The van der Waals surface area contributed by atoms with Gasteiger partial charge < -0.3 is 24.6 Å². The number of aromatic nitrogens is 2. The molecule has 9 nitrogen and oxygen atoms in total. The van der Waals surface area contributed by atoms with Gasteiger partial charge in [-0.2, -0.15) is 5.11 Å². The van der Waals surface area contributed by atoms with E-state index in [1.54, 1.807) is 19.2 Å². The molecule has 1 atom stereocenters. The van der Waals surface area contributed by atoms with Crippen molar-refractivity contribution >= 4 is 5.82 Å². The van der Waals surface area contributed by atoms with Crippen molar-refractivity contribution in [3.8, 4) is 11.6 Å². The topological polar surface area (TPSA) is 110 Å². The number of hydrogen-bond donors (Lipinski definition) is 2. The molecule has 0 radical (unpaired) electrons. The van der Waals surface area contributed by atoms with E-state index in [1.807, 2.05) is 52.0 Å². The van der Waals surface area contributed by atoms with E-state index in [4.69, 9.17) is 14.2 Å². The van der Waals surface area contributed by atoms with Gasteiger partial charge in [0.2, 0.25) is 5.88 Å². The molecular weight excluding hydrogens is 410 g/mol. The number of nitrogens with one attached hydrogen (secondary N) is 1. The first-order chi connectivity index (χ1) is 15.3. The summed E-state index contributed by atoms with van der Waals surface area (Å²) in [5.74, 6) is 1.61. The average molecular weight is 446 g/mol. The summed E-state index contributed by atoms with van der Waals surface area (Å²) in [5.41, 5.74) is 0.663. The third-order valence-electron chi connectivity index (χ3n) is 4.39. The predicted octanol–water partition coefficient (Wildman–Crippen LogP) is 3.34. The molecule has 0 fully saturated rings. The Bertz CT molecular complexity index is 827.